The largest absolute Gasteiger partial charge is 0.314 e. The van der Waals surface area contributed by atoms with Gasteiger partial charge in [-0.25, -0.2) is 4.39 Å². The van der Waals surface area contributed by atoms with Crippen molar-refractivity contribution in [1.82, 2.24) is 5.32 Å². The lowest BCUT2D eigenvalue weighted by Crippen LogP contribution is -2.32. The standard InChI is InChI=1S/C16H24FN/c1-3-5-6-10-15(18-12-4-2)13-14-9-7-8-11-16(14)17/h3,7-9,11,15,18H,1,4-6,10,12-13H2,2H3. The van der Waals surface area contributed by atoms with Crippen LogP contribution in [0.3, 0.4) is 0 Å². The molecule has 2 heteroatoms. The van der Waals surface area contributed by atoms with Crippen LogP contribution in [0.1, 0.15) is 38.2 Å². The first-order chi connectivity index (χ1) is 8.77. The van der Waals surface area contributed by atoms with Crippen LogP contribution in [0.25, 0.3) is 0 Å². The van der Waals surface area contributed by atoms with Gasteiger partial charge in [-0.2, -0.15) is 0 Å². The van der Waals surface area contributed by atoms with Crippen molar-refractivity contribution in [1.29, 1.82) is 0 Å². The first-order valence-corrected chi connectivity index (χ1v) is 6.85. The maximum absolute atomic E-state index is 13.6. The van der Waals surface area contributed by atoms with Crippen molar-refractivity contribution in [2.45, 2.75) is 45.1 Å². The fraction of sp³-hybridized carbons (Fsp3) is 0.500. The van der Waals surface area contributed by atoms with Gasteiger partial charge in [0.05, 0.1) is 0 Å². The molecule has 0 saturated heterocycles. The lowest BCUT2D eigenvalue weighted by atomic mass is 10.0. The van der Waals surface area contributed by atoms with Gasteiger partial charge in [0.15, 0.2) is 0 Å². The maximum atomic E-state index is 13.6. The molecule has 1 aromatic rings. The quantitative estimate of drug-likeness (QED) is 0.513. The molecule has 0 amide bonds. The summed E-state index contributed by atoms with van der Waals surface area (Å²) < 4.78 is 13.6. The van der Waals surface area contributed by atoms with Crippen molar-refractivity contribution in [2.24, 2.45) is 0 Å². The van der Waals surface area contributed by atoms with Crippen LogP contribution in [0.2, 0.25) is 0 Å². The van der Waals surface area contributed by atoms with Crippen molar-refractivity contribution in [3.05, 3.63) is 48.3 Å². The molecule has 0 fully saturated rings. The number of unbranched alkanes of at least 4 members (excludes halogenated alkanes) is 1. The van der Waals surface area contributed by atoms with Gasteiger partial charge in [-0.05, 0) is 50.3 Å². The van der Waals surface area contributed by atoms with Crippen LogP contribution < -0.4 is 5.32 Å². The molecule has 1 unspecified atom stereocenters. The molecule has 0 heterocycles. The van der Waals surface area contributed by atoms with E-state index in [9.17, 15) is 4.39 Å². The number of benzene rings is 1. The van der Waals surface area contributed by atoms with E-state index in [1.54, 1.807) is 6.07 Å². The number of hydrogen-bond acceptors (Lipinski definition) is 1. The van der Waals surface area contributed by atoms with Crippen LogP contribution in [0.5, 0.6) is 0 Å². The lowest BCUT2D eigenvalue weighted by molar-refractivity contribution is 0.458. The third-order valence-corrected chi connectivity index (χ3v) is 3.07. The number of hydrogen-bond donors (Lipinski definition) is 1. The third kappa shape index (κ3) is 5.46. The van der Waals surface area contributed by atoms with Crippen molar-refractivity contribution in [3.63, 3.8) is 0 Å². The number of allylic oxidation sites excluding steroid dienone is 1. The van der Waals surface area contributed by atoms with Gasteiger partial charge in [-0.15, -0.1) is 6.58 Å². The van der Waals surface area contributed by atoms with E-state index in [2.05, 4.69) is 18.8 Å². The Hall–Kier alpha value is -1.15. The van der Waals surface area contributed by atoms with Crippen LogP contribution in [0.4, 0.5) is 4.39 Å². The first-order valence-electron chi connectivity index (χ1n) is 6.85. The SMILES string of the molecule is C=CCCCC(Cc1ccccc1F)NCCC. The smallest absolute Gasteiger partial charge is 0.126 e. The van der Waals surface area contributed by atoms with Crippen LogP contribution in [0.15, 0.2) is 36.9 Å². The van der Waals surface area contributed by atoms with Gasteiger partial charge >= 0.3 is 0 Å². The minimum Gasteiger partial charge on any atom is -0.314 e. The molecule has 0 aliphatic carbocycles. The Morgan fingerprint density at radius 1 is 1.39 bits per heavy atom. The highest BCUT2D eigenvalue weighted by Crippen LogP contribution is 2.12. The molecule has 0 radical (unpaired) electrons. The molecular formula is C16H24FN. The summed E-state index contributed by atoms with van der Waals surface area (Å²) in [7, 11) is 0. The second kappa shape index (κ2) is 8.87. The van der Waals surface area contributed by atoms with Crippen molar-refractivity contribution < 1.29 is 4.39 Å². The van der Waals surface area contributed by atoms with E-state index >= 15 is 0 Å². The number of nitrogens with one attached hydrogen (secondary N) is 1. The Bertz CT molecular complexity index is 349. The summed E-state index contributed by atoms with van der Waals surface area (Å²) in [6, 6.07) is 7.42. The zero-order chi connectivity index (χ0) is 13.2. The Kier molecular flexibility index (Phi) is 7.35. The van der Waals surface area contributed by atoms with E-state index in [-0.39, 0.29) is 5.82 Å². The zero-order valence-electron chi connectivity index (χ0n) is 11.3. The zero-order valence-corrected chi connectivity index (χ0v) is 11.3. The molecule has 0 aliphatic heterocycles. The number of rotatable bonds is 9. The van der Waals surface area contributed by atoms with Gasteiger partial charge in [0, 0.05) is 6.04 Å². The van der Waals surface area contributed by atoms with Gasteiger partial charge in [0.25, 0.3) is 0 Å². The molecule has 100 valence electrons. The van der Waals surface area contributed by atoms with Gasteiger partial charge in [0.2, 0.25) is 0 Å². The van der Waals surface area contributed by atoms with E-state index in [1.165, 1.54) is 6.07 Å². The summed E-state index contributed by atoms with van der Waals surface area (Å²) in [4.78, 5) is 0. The van der Waals surface area contributed by atoms with E-state index < -0.39 is 0 Å². The molecule has 1 rings (SSSR count). The van der Waals surface area contributed by atoms with Gasteiger partial charge < -0.3 is 5.32 Å². The second-order valence-electron chi connectivity index (χ2n) is 4.67. The van der Waals surface area contributed by atoms with Gasteiger partial charge in [-0.3, -0.25) is 0 Å². The Labute approximate surface area is 110 Å². The highest BCUT2D eigenvalue weighted by Gasteiger charge is 2.10. The fourth-order valence-corrected chi connectivity index (χ4v) is 2.06. The minimum atomic E-state index is -0.0930. The van der Waals surface area contributed by atoms with Crippen molar-refractivity contribution >= 4 is 0 Å². The third-order valence-electron chi connectivity index (χ3n) is 3.07. The molecule has 0 aliphatic rings. The van der Waals surface area contributed by atoms with Gasteiger partial charge in [0.1, 0.15) is 5.82 Å². The van der Waals surface area contributed by atoms with Crippen LogP contribution in [0, 0.1) is 5.82 Å². The normalized spacial score (nSPS) is 12.3. The topological polar surface area (TPSA) is 12.0 Å². The Balaban J connectivity index is 2.53. The number of halogens is 1. The average Bonchev–Trinajstić information content (AvgIpc) is 2.38. The molecule has 1 atom stereocenters. The van der Waals surface area contributed by atoms with E-state index in [0.717, 1.165) is 44.2 Å². The minimum absolute atomic E-state index is 0.0930. The lowest BCUT2D eigenvalue weighted by Gasteiger charge is -2.18. The van der Waals surface area contributed by atoms with Crippen molar-refractivity contribution in [2.75, 3.05) is 6.54 Å². The molecule has 0 saturated carbocycles. The summed E-state index contributed by atoms with van der Waals surface area (Å²) in [6.45, 7) is 6.88. The molecule has 0 aromatic heterocycles. The average molecular weight is 249 g/mol. The Morgan fingerprint density at radius 3 is 2.83 bits per heavy atom. The predicted molar refractivity (Wildman–Crippen MR) is 76.2 cm³/mol. The summed E-state index contributed by atoms with van der Waals surface area (Å²) >= 11 is 0. The van der Waals surface area contributed by atoms with Gasteiger partial charge in [-0.1, -0.05) is 31.2 Å². The monoisotopic (exact) mass is 249 g/mol. The van der Waals surface area contributed by atoms with Crippen molar-refractivity contribution in [3.8, 4) is 0 Å². The summed E-state index contributed by atoms with van der Waals surface area (Å²) in [5, 5.41) is 3.50. The molecule has 18 heavy (non-hydrogen) atoms. The molecule has 0 spiro atoms. The summed E-state index contributed by atoms with van der Waals surface area (Å²) in [6.07, 6.45) is 7.03. The predicted octanol–water partition coefficient (Wildman–Crippen LogP) is 4.09. The van der Waals surface area contributed by atoms with Crippen LogP contribution in [-0.4, -0.2) is 12.6 Å². The molecule has 1 N–H and O–H groups in total. The second-order valence-corrected chi connectivity index (χ2v) is 4.67. The highest BCUT2D eigenvalue weighted by atomic mass is 19.1. The van der Waals surface area contributed by atoms with Crippen LogP contribution in [-0.2, 0) is 6.42 Å². The van der Waals surface area contributed by atoms with E-state index in [4.69, 9.17) is 0 Å². The molecule has 1 nitrogen and oxygen atoms in total. The maximum Gasteiger partial charge on any atom is 0.126 e. The van der Waals surface area contributed by atoms with E-state index in [1.807, 2.05) is 18.2 Å². The fourth-order valence-electron chi connectivity index (χ4n) is 2.06. The summed E-state index contributed by atoms with van der Waals surface area (Å²) in [5.41, 5.74) is 0.810. The molecule has 1 aromatic carbocycles. The molecular weight excluding hydrogens is 225 g/mol. The van der Waals surface area contributed by atoms with E-state index in [0.29, 0.717) is 6.04 Å². The molecule has 0 bridgehead atoms. The first kappa shape index (κ1) is 14.9. The van der Waals surface area contributed by atoms with Crippen LogP contribution >= 0.6 is 0 Å². The highest BCUT2D eigenvalue weighted by molar-refractivity contribution is 5.18. The Morgan fingerprint density at radius 2 is 2.17 bits per heavy atom. The summed E-state index contributed by atoms with van der Waals surface area (Å²) in [5.74, 6) is -0.0930.